The second-order valence-corrected chi connectivity index (χ2v) is 4.33. The molecule has 108 valence electrons. The van der Waals surface area contributed by atoms with Gasteiger partial charge in [-0.1, -0.05) is 0 Å². The van der Waals surface area contributed by atoms with Gasteiger partial charge in [0.2, 0.25) is 0 Å². The van der Waals surface area contributed by atoms with E-state index in [0.29, 0.717) is 18.8 Å². The van der Waals surface area contributed by atoms with Crippen molar-refractivity contribution in [3.05, 3.63) is 36.7 Å². The second kappa shape index (κ2) is 6.81. The molecular weight excluding hydrogens is 258 g/mol. The third-order valence-electron chi connectivity index (χ3n) is 2.89. The van der Waals surface area contributed by atoms with Gasteiger partial charge < -0.3 is 19.9 Å². The highest BCUT2D eigenvalue weighted by Crippen LogP contribution is 2.28. The first-order valence-corrected chi connectivity index (χ1v) is 6.34. The molecule has 0 bridgehead atoms. The SMILES string of the molecule is COc1ccc(OC)c(NCC(O)Cn2cccn2)c1. The van der Waals surface area contributed by atoms with E-state index >= 15 is 0 Å². The zero-order chi connectivity index (χ0) is 14.4. The minimum Gasteiger partial charge on any atom is -0.497 e. The largest absolute Gasteiger partial charge is 0.497 e. The monoisotopic (exact) mass is 277 g/mol. The molecule has 0 aliphatic rings. The molecule has 6 nitrogen and oxygen atoms in total. The van der Waals surface area contributed by atoms with Gasteiger partial charge in [-0.2, -0.15) is 5.10 Å². The van der Waals surface area contributed by atoms with Gasteiger partial charge in [-0.05, 0) is 18.2 Å². The Hall–Kier alpha value is -2.21. The number of rotatable bonds is 7. The number of aliphatic hydroxyl groups excluding tert-OH is 1. The summed E-state index contributed by atoms with van der Waals surface area (Å²) in [5.41, 5.74) is 0.784. The number of hydrogen-bond donors (Lipinski definition) is 2. The van der Waals surface area contributed by atoms with E-state index in [1.807, 2.05) is 30.5 Å². The molecule has 0 aliphatic heterocycles. The number of methoxy groups -OCH3 is 2. The van der Waals surface area contributed by atoms with Crippen LogP contribution in [-0.2, 0) is 6.54 Å². The number of benzene rings is 1. The normalized spacial score (nSPS) is 11.9. The maximum absolute atomic E-state index is 9.98. The van der Waals surface area contributed by atoms with Gasteiger partial charge in [0.1, 0.15) is 11.5 Å². The van der Waals surface area contributed by atoms with E-state index in [9.17, 15) is 5.11 Å². The molecule has 1 aromatic heterocycles. The predicted molar refractivity (Wildman–Crippen MR) is 76.3 cm³/mol. The Morgan fingerprint density at radius 2 is 2.20 bits per heavy atom. The van der Waals surface area contributed by atoms with Crippen LogP contribution in [-0.4, -0.2) is 41.8 Å². The molecule has 6 heteroatoms. The number of nitrogens with zero attached hydrogens (tertiary/aromatic N) is 2. The van der Waals surface area contributed by atoms with E-state index in [1.165, 1.54) is 0 Å². The topological polar surface area (TPSA) is 68.5 Å². The van der Waals surface area contributed by atoms with Gasteiger partial charge in [0.15, 0.2) is 0 Å². The lowest BCUT2D eigenvalue weighted by Crippen LogP contribution is -2.25. The molecule has 1 aromatic carbocycles. The van der Waals surface area contributed by atoms with E-state index in [4.69, 9.17) is 9.47 Å². The van der Waals surface area contributed by atoms with Gasteiger partial charge in [-0.15, -0.1) is 0 Å². The summed E-state index contributed by atoms with van der Waals surface area (Å²) < 4.78 is 12.1. The van der Waals surface area contributed by atoms with E-state index in [0.717, 1.165) is 11.4 Å². The Balaban J connectivity index is 1.95. The molecule has 0 aliphatic carbocycles. The summed E-state index contributed by atoms with van der Waals surface area (Å²) in [6.07, 6.45) is 2.95. The lowest BCUT2D eigenvalue weighted by atomic mass is 10.2. The van der Waals surface area contributed by atoms with Gasteiger partial charge in [0, 0.05) is 25.0 Å². The minimum atomic E-state index is -0.550. The maximum Gasteiger partial charge on any atom is 0.142 e. The number of aliphatic hydroxyl groups is 1. The van der Waals surface area contributed by atoms with Crippen molar-refractivity contribution in [3.8, 4) is 11.5 Å². The highest BCUT2D eigenvalue weighted by Gasteiger charge is 2.09. The van der Waals surface area contributed by atoms with Crippen molar-refractivity contribution in [1.82, 2.24) is 9.78 Å². The molecule has 0 saturated heterocycles. The third kappa shape index (κ3) is 3.64. The molecule has 0 fully saturated rings. The molecular formula is C14H19N3O3. The first kappa shape index (κ1) is 14.2. The average Bonchev–Trinajstić information content (AvgIpc) is 2.97. The zero-order valence-corrected chi connectivity index (χ0v) is 11.6. The summed E-state index contributed by atoms with van der Waals surface area (Å²) >= 11 is 0. The van der Waals surface area contributed by atoms with E-state index in [-0.39, 0.29) is 0 Å². The van der Waals surface area contributed by atoms with Crippen LogP contribution in [0.1, 0.15) is 0 Å². The van der Waals surface area contributed by atoms with Gasteiger partial charge in [0.05, 0.1) is 32.6 Å². The lowest BCUT2D eigenvalue weighted by molar-refractivity contribution is 0.161. The summed E-state index contributed by atoms with van der Waals surface area (Å²) in [6, 6.07) is 7.30. The van der Waals surface area contributed by atoms with E-state index in [2.05, 4.69) is 10.4 Å². The molecule has 2 aromatic rings. The molecule has 1 heterocycles. The van der Waals surface area contributed by atoms with Crippen LogP contribution in [0.25, 0.3) is 0 Å². The number of anilines is 1. The molecule has 0 radical (unpaired) electrons. The van der Waals surface area contributed by atoms with Gasteiger partial charge >= 0.3 is 0 Å². The number of ether oxygens (including phenoxy) is 2. The fraction of sp³-hybridized carbons (Fsp3) is 0.357. The Morgan fingerprint density at radius 1 is 1.35 bits per heavy atom. The van der Waals surface area contributed by atoms with Crippen LogP contribution >= 0.6 is 0 Å². The quantitative estimate of drug-likeness (QED) is 0.800. The van der Waals surface area contributed by atoms with Crippen LogP contribution in [0.3, 0.4) is 0 Å². The highest BCUT2D eigenvalue weighted by molar-refractivity contribution is 5.59. The molecule has 2 rings (SSSR count). The van der Waals surface area contributed by atoms with Crippen LogP contribution in [0.5, 0.6) is 11.5 Å². The Morgan fingerprint density at radius 3 is 2.85 bits per heavy atom. The number of nitrogens with one attached hydrogen (secondary N) is 1. The van der Waals surface area contributed by atoms with Crippen LogP contribution in [0, 0.1) is 0 Å². The van der Waals surface area contributed by atoms with Crippen molar-refractivity contribution in [3.63, 3.8) is 0 Å². The lowest BCUT2D eigenvalue weighted by Gasteiger charge is -2.15. The van der Waals surface area contributed by atoms with Crippen molar-refractivity contribution in [2.24, 2.45) is 0 Å². The molecule has 1 atom stereocenters. The van der Waals surface area contributed by atoms with Crippen LogP contribution < -0.4 is 14.8 Å². The maximum atomic E-state index is 9.98. The smallest absolute Gasteiger partial charge is 0.142 e. The van der Waals surface area contributed by atoms with Crippen LogP contribution in [0.2, 0.25) is 0 Å². The molecule has 0 spiro atoms. The van der Waals surface area contributed by atoms with Gasteiger partial charge in [-0.3, -0.25) is 4.68 Å². The van der Waals surface area contributed by atoms with Crippen molar-refractivity contribution >= 4 is 5.69 Å². The van der Waals surface area contributed by atoms with Gasteiger partial charge in [0.25, 0.3) is 0 Å². The molecule has 20 heavy (non-hydrogen) atoms. The third-order valence-corrected chi connectivity index (χ3v) is 2.89. The van der Waals surface area contributed by atoms with Crippen molar-refractivity contribution in [2.45, 2.75) is 12.6 Å². The summed E-state index contributed by atoms with van der Waals surface area (Å²) in [4.78, 5) is 0. The summed E-state index contributed by atoms with van der Waals surface area (Å²) in [5.74, 6) is 1.44. The van der Waals surface area contributed by atoms with Crippen LogP contribution in [0.15, 0.2) is 36.7 Å². The number of hydrogen-bond acceptors (Lipinski definition) is 5. The second-order valence-electron chi connectivity index (χ2n) is 4.33. The standard InChI is InChI=1S/C14H19N3O3/c1-19-12-4-5-14(20-2)13(8-12)15-9-11(18)10-17-7-3-6-16-17/h3-8,11,15,18H,9-10H2,1-2H3. The zero-order valence-electron chi connectivity index (χ0n) is 11.6. The summed E-state index contributed by atoms with van der Waals surface area (Å²) in [7, 11) is 3.21. The fourth-order valence-electron chi connectivity index (χ4n) is 1.87. The number of aromatic nitrogens is 2. The first-order chi connectivity index (χ1) is 9.72. The molecule has 2 N–H and O–H groups in total. The fourth-order valence-corrected chi connectivity index (χ4v) is 1.87. The minimum absolute atomic E-state index is 0.392. The van der Waals surface area contributed by atoms with Crippen molar-refractivity contribution in [1.29, 1.82) is 0 Å². The van der Waals surface area contributed by atoms with Crippen molar-refractivity contribution in [2.75, 3.05) is 26.1 Å². The van der Waals surface area contributed by atoms with Crippen LogP contribution in [0.4, 0.5) is 5.69 Å². The van der Waals surface area contributed by atoms with Gasteiger partial charge in [-0.25, -0.2) is 0 Å². The van der Waals surface area contributed by atoms with E-state index < -0.39 is 6.10 Å². The van der Waals surface area contributed by atoms with E-state index in [1.54, 1.807) is 25.1 Å². The molecule has 0 saturated carbocycles. The Kier molecular flexibility index (Phi) is 4.84. The Bertz CT molecular complexity index is 528. The Labute approximate surface area is 117 Å². The summed E-state index contributed by atoms with van der Waals surface area (Å²) in [5, 5.41) is 17.2. The summed E-state index contributed by atoms with van der Waals surface area (Å²) in [6.45, 7) is 0.829. The molecule has 1 unspecified atom stereocenters. The first-order valence-electron chi connectivity index (χ1n) is 6.34. The highest BCUT2D eigenvalue weighted by atomic mass is 16.5. The molecule has 0 amide bonds. The predicted octanol–water partition coefficient (Wildman–Crippen LogP) is 1.37. The van der Waals surface area contributed by atoms with Crippen molar-refractivity contribution < 1.29 is 14.6 Å². The average molecular weight is 277 g/mol.